The minimum absolute atomic E-state index is 0.0618. The number of amides is 1. The molecule has 0 saturated heterocycles. The summed E-state index contributed by atoms with van der Waals surface area (Å²) in [5.74, 6) is 0.665. The van der Waals surface area contributed by atoms with Crippen molar-refractivity contribution in [2.75, 3.05) is 6.54 Å². The van der Waals surface area contributed by atoms with Gasteiger partial charge in [-0.15, -0.1) is 5.10 Å². The molecule has 0 bridgehead atoms. The van der Waals surface area contributed by atoms with Gasteiger partial charge in [-0.1, -0.05) is 30.3 Å². The highest BCUT2D eigenvalue weighted by molar-refractivity contribution is 5.97. The van der Waals surface area contributed by atoms with E-state index in [0.717, 1.165) is 16.8 Å². The zero-order chi connectivity index (χ0) is 16.4. The van der Waals surface area contributed by atoms with Crippen molar-refractivity contribution < 1.29 is 9.53 Å². The van der Waals surface area contributed by atoms with Gasteiger partial charge < -0.3 is 9.64 Å². The topological polar surface area (TPSA) is 59.7 Å². The molecule has 0 radical (unpaired) electrons. The third kappa shape index (κ3) is 2.95. The molecule has 122 valence electrons. The maximum atomic E-state index is 12.4. The summed E-state index contributed by atoms with van der Waals surface area (Å²) < 4.78 is 7.69. The quantitative estimate of drug-likeness (QED) is 0.867. The molecule has 0 spiro atoms. The summed E-state index contributed by atoms with van der Waals surface area (Å²) in [5.41, 5.74) is 2.86. The predicted octanol–water partition coefficient (Wildman–Crippen LogP) is 2.16. The summed E-state index contributed by atoms with van der Waals surface area (Å²) in [6.07, 6.45) is 4.04. The van der Waals surface area contributed by atoms with Crippen LogP contribution >= 0.6 is 0 Å². The molecular weight excluding hydrogens is 304 g/mol. The summed E-state index contributed by atoms with van der Waals surface area (Å²) in [7, 11) is 0. The average molecular weight is 322 g/mol. The van der Waals surface area contributed by atoms with Gasteiger partial charge in [-0.25, -0.2) is 0 Å². The van der Waals surface area contributed by atoms with Crippen molar-refractivity contribution in [3.63, 3.8) is 0 Å². The van der Waals surface area contributed by atoms with E-state index in [-0.39, 0.29) is 5.91 Å². The van der Waals surface area contributed by atoms with Crippen LogP contribution in [0.5, 0.6) is 5.88 Å². The summed E-state index contributed by atoms with van der Waals surface area (Å²) in [4.78, 5) is 18.3. The van der Waals surface area contributed by atoms with Gasteiger partial charge in [-0.3, -0.25) is 14.5 Å². The number of rotatable bonds is 4. The molecule has 1 aromatic carbocycles. The van der Waals surface area contributed by atoms with Crippen molar-refractivity contribution in [1.29, 1.82) is 0 Å². The van der Waals surface area contributed by atoms with Crippen molar-refractivity contribution in [2.45, 2.75) is 26.1 Å². The second kappa shape index (κ2) is 6.31. The first-order chi connectivity index (χ1) is 11.8. The van der Waals surface area contributed by atoms with Crippen LogP contribution in [0.1, 0.15) is 17.7 Å². The van der Waals surface area contributed by atoms with Crippen molar-refractivity contribution in [2.24, 2.45) is 4.99 Å². The van der Waals surface area contributed by atoms with Crippen LogP contribution in [0.25, 0.3) is 0 Å². The number of benzene rings is 1. The fourth-order valence-electron chi connectivity index (χ4n) is 2.91. The van der Waals surface area contributed by atoms with Crippen LogP contribution in [0.2, 0.25) is 0 Å². The van der Waals surface area contributed by atoms with E-state index in [9.17, 15) is 4.79 Å². The summed E-state index contributed by atoms with van der Waals surface area (Å²) >= 11 is 0. The lowest BCUT2D eigenvalue weighted by Gasteiger charge is -2.27. The second-order valence-corrected chi connectivity index (χ2v) is 5.89. The minimum Gasteiger partial charge on any atom is -0.472 e. The number of aliphatic imine (C=N–C) groups is 1. The number of hydrogen-bond acceptors (Lipinski definition) is 4. The molecule has 6 heteroatoms. The molecule has 3 heterocycles. The molecule has 6 nitrogen and oxygen atoms in total. The normalized spacial score (nSPS) is 16.0. The van der Waals surface area contributed by atoms with E-state index in [4.69, 9.17) is 4.74 Å². The van der Waals surface area contributed by atoms with Crippen molar-refractivity contribution in [3.8, 4) is 5.88 Å². The molecule has 2 aromatic rings. The molecule has 24 heavy (non-hydrogen) atoms. The van der Waals surface area contributed by atoms with Crippen LogP contribution in [0.15, 0.2) is 53.2 Å². The summed E-state index contributed by atoms with van der Waals surface area (Å²) in [5, 5.41) is 4.47. The Morgan fingerprint density at radius 1 is 1.21 bits per heavy atom. The maximum absolute atomic E-state index is 12.4. The zero-order valence-corrected chi connectivity index (χ0v) is 13.3. The Morgan fingerprint density at radius 3 is 2.88 bits per heavy atom. The molecule has 0 fully saturated rings. The zero-order valence-electron chi connectivity index (χ0n) is 13.3. The molecule has 0 atom stereocenters. The Bertz CT molecular complexity index is 808. The molecule has 0 aliphatic carbocycles. The standard InChI is InChI=1S/C18H18N4O2/c23-18(15-6-7-19-11-15)21-8-9-22-16(12-21)10-17(20-22)24-13-14-4-2-1-3-5-14/h1-5,7,10-11H,6,8-9,12-13H2. The Hall–Kier alpha value is -2.89. The lowest BCUT2D eigenvalue weighted by molar-refractivity contribution is -0.128. The highest BCUT2D eigenvalue weighted by Crippen LogP contribution is 2.21. The van der Waals surface area contributed by atoms with Crippen molar-refractivity contribution >= 4 is 12.1 Å². The molecule has 2 aliphatic rings. The maximum Gasteiger partial charge on any atom is 0.252 e. The van der Waals surface area contributed by atoms with Gasteiger partial charge in [0.25, 0.3) is 5.91 Å². The average Bonchev–Trinajstić information content (AvgIpc) is 3.29. The van der Waals surface area contributed by atoms with Gasteiger partial charge in [0.05, 0.1) is 18.8 Å². The van der Waals surface area contributed by atoms with Gasteiger partial charge in [-0.2, -0.15) is 0 Å². The summed E-state index contributed by atoms with van der Waals surface area (Å²) in [6.45, 7) is 2.38. The van der Waals surface area contributed by atoms with Gasteiger partial charge in [0.2, 0.25) is 5.88 Å². The van der Waals surface area contributed by atoms with Crippen molar-refractivity contribution in [3.05, 3.63) is 59.4 Å². The Kier molecular flexibility index (Phi) is 3.86. The van der Waals surface area contributed by atoms with E-state index in [2.05, 4.69) is 10.1 Å². The molecule has 0 saturated carbocycles. The third-order valence-corrected chi connectivity index (χ3v) is 4.21. The monoisotopic (exact) mass is 322 g/mol. The van der Waals surface area contributed by atoms with E-state index in [0.29, 0.717) is 38.5 Å². The van der Waals surface area contributed by atoms with Crippen LogP contribution in [0.4, 0.5) is 0 Å². The number of fused-ring (bicyclic) bond motifs is 1. The van der Waals surface area contributed by atoms with Crippen LogP contribution in [0, 0.1) is 0 Å². The van der Waals surface area contributed by atoms with Gasteiger partial charge in [0.1, 0.15) is 6.61 Å². The fourth-order valence-corrected chi connectivity index (χ4v) is 2.91. The van der Waals surface area contributed by atoms with E-state index >= 15 is 0 Å². The van der Waals surface area contributed by atoms with Crippen LogP contribution in [-0.2, 0) is 24.5 Å². The number of nitrogens with zero attached hydrogens (tertiary/aromatic N) is 4. The van der Waals surface area contributed by atoms with Crippen LogP contribution < -0.4 is 4.74 Å². The SMILES string of the molecule is O=C(C1=CN=CC1)N1CCn2nc(OCc3ccccc3)cc2C1. The van der Waals surface area contributed by atoms with Gasteiger partial charge in [0.15, 0.2) is 0 Å². The van der Waals surface area contributed by atoms with E-state index in [1.807, 2.05) is 46.0 Å². The molecule has 4 rings (SSSR count). The fraction of sp³-hybridized carbons (Fsp3) is 0.278. The summed E-state index contributed by atoms with van der Waals surface area (Å²) in [6, 6.07) is 11.9. The first kappa shape index (κ1) is 14.7. The van der Waals surface area contributed by atoms with E-state index < -0.39 is 0 Å². The lowest BCUT2D eigenvalue weighted by atomic mass is 10.2. The van der Waals surface area contributed by atoms with E-state index in [1.165, 1.54) is 0 Å². The molecule has 1 amide bonds. The van der Waals surface area contributed by atoms with Gasteiger partial charge >= 0.3 is 0 Å². The molecular formula is C18H18N4O2. The van der Waals surface area contributed by atoms with Crippen LogP contribution in [0.3, 0.4) is 0 Å². The first-order valence-corrected chi connectivity index (χ1v) is 8.03. The molecule has 1 aromatic heterocycles. The number of carbonyl (C=O) groups excluding carboxylic acids is 1. The third-order valence-electron chi connectivity index (χ3n) is 4.21. The van der Waals surface area contributed by atoms with Crippen LogP contribution in [-0.4, -0.2) is 33.3 Å². The number of hydrogen-bond donors (Lipinski definition) is 0. The van der Waals surface area contributed by atoms with Gasteiger partial charge in [-0.05, 0) is 5.56 Å². The Balaban J connectivity index is 1.41. The lowest BCUT2D eigenvalue weighted by Crippen LogP contribution is -2.39. The molecule has 2 aliphatic heterocycles. The van der Waals surface area contributed by atoms with Crippen molar-refractivity contribution in [1.82, 2.24) is 14.7 Å². The Morgan fingerprint density at radius 2 is 2.08 bits per heavy atom. The molecule has 0 unspecified atom stereocenters. The first-order valence-electron chi connectivity index (χ1n) is 8.03. The Labute approximate surface area is 140 Å². The van der Waals surface area contributed by atoms with E-state index in [1.54, 1.807) is 12.4 Å². The largest absolute Gasteiger partial charge is 0.472 e. The predicted molar refractivity (Wildman–Crippen MR) is 89.6 cm³/mol. The van der Waals surface area contributed by atoms with Gasteiger partial charge in [0, 0.05) is 37.0 Å². The number of carbonyl (C=O) groups is 1. The number of ether oxygens (including phenoxy) is 1. The second-order valence-electron chi connectivity index (χ2n) is 5.89. The smallest absolute Gasteiger partial charge is 0.252 e. The highest BCUT2D eigenvalue weighted by atomic mass is 16.5. The number of aromatic nitrogens is 2. The molecule has 0 N–H and O–H groups in total. The highest BCUT2D eigenvalue weighted by Gasteiger charge is 2.25. The minimum atomic E-state index is 0.0618.